The Balaban J connectivity index is 1.51. The van der Waals surface area contributed by atoms with E-state index in [9.17, 15) is 41.1 Å². The first kappa shape index (κ1) is 30.5. The van der Waals surface area contributed by atoms with Gasteiger partial charge in [-0.3, -0.25) is 9.59 Å². The molecule has 0 spiro atoms. The van der Waals surface area contributed by atoms with Crippen molar-refractivity contribution in [2.24, 2.45) is 0 Å². The average Bonchev–Trinajstić information content (AvgIpc) is 3.29. The van der Waals surface area contributed by atoms with Crippen molar-refractivity contribution < 1.29 is 41.1 Å². The smallest absolute Gasteiger partial charge is 0.417 e. The van der Waals surface area contributed by atoms with E-state index in [2.05, 4.69) is 5.10 Å². The highest BCUT2D eigenvalue weighted by Gasteiger charge is 2.44. The number of aliphatic carboxylic acids is 1. The van der Waals surface area contributed by atoms with E-state index < -0.39 is 62.5 Å². The molecule has 43 heavy (non-hydrogen) atoms. The lowest BCUT2D eigenvalue weighted by atomic mass is 9.96. The van der Waals surface area contributed by atoms with E-state index in [4.69, 9.17) is 11.6 Å². The molecule has 0 aliphatic carbocycles. The van der Waals surface area contributed by atoms with Crippen molar-refractivity contribution in [2.75, 3.05) is 12.8 Å². The second-order valence-corrected chi connectivity index (χ2v) is 13.1. The van der Waals surface area contributed by atoms with Gasteiger partial charge in [-0.15, -0.1) is 0 Å². The monoisotopic (exact) mass is 638 g/mol. The lowest BCUT2D eigenvalue weighted by molar-refractivity contribution is -0.142. The van der Waals surface area contributed by atoms with E-state index in [1.807, 2.05) is 0 Å². The quantitative estimate of drug-likeness (QED) is 0.439. The number of carboxylic acids is 1. The third-order valence-electron chi connectivity index (χ3n) is 7.89. The fourth-order valence-corrected chi connectivity index (χ4v) is 6.36. The van der Waals surface area contributed by atoms with Gasteiger partial charge in [0, 0.05) is 29.8 Å². The Morgan fingerprint density at radius 3 is 2.37 bits per heavy atom. The van der Waals surface area contributed by atoms with E-state index in [1.54, 1.807) is 26.0 Å². The summed E-state index contributed by atoms with van der Waals surface area (Å²) in [7, 11) is -3.46. The zero-order valence-electron chi connectivity index (χ0n) is 23.1. The average molecular weight is 639 g/mol. The number of carbonyl (C=O) groups excluding carboxylic acids is 2. The van der Waals surface area contributed by atoms with Gasteiger partial charge in [-0.05, 0) is 49.7 Å². The topological polar surface area (TPSA) is 130 Å². The van der Waals surface area contributed by atoms with Crippen molar-refractivity contribution in [3.63, 3.8) is 0 Å². The van der Waals surface area contributed by atoms with Crippen LogP contribution < -0.4 is 0 Å². The van der Waals surface area contributed by atoms with Crippen molar-refractivity contribution in [1.29, 1.82) is 0 Å². The minimum atomic E-state index is -4.77. The molecule has 2 aromatic carbocycles. The van der Waals surface area contributed by atoms with Crippen LogP contribution in [-0.4, -0.2) is 69.7 Å². The van der Waals surface area contributed by atoms with Gasteiger partial charge in [-0.2, -0.15) is 18.3 Å². The Morgan fingerprint density at radius 2 is 1.79 bits per heavy atom. The molecule has 0 saturated carbocycles. The van der Waals surface area contributed by atoms with Crippen LogP contribution in [0.2, 0.25) is 5.02 Å². The number of carbonyl (C=O) groups is 3. The molecule has 0 fully saturated rings. The molecule has 15 heteroatoms. The zero-order chi connectivity index (χ0) is 31.6. The van der Waals surface area contributed by atoms with Crippen LogP contribution in [0, 0.1) is 0 Å². The van der Waals surface area contributed by atoms with Gasteiger partial charge >= 0.3 is 12.1 Å². The molecule has 3 heterocycles. The summed E-state index contributed by atoms with van der Waals surface area (Å²) in [5, 5.41) is 13.9. The van der Waals surface area contributed by atoms with Gasteiger partial charge in [0.05, 0.1) is 40.3 Å². The Hall–Kier alpha value is -3.91. The molecule has 228 valence electrons. The van der Waals surface area contributed by atoms with E-state index in [0.29, 0.717) is 22.9 Å². The molecular weight excluding hydrogens is 613 g/mol. The number of sulfone groups is 1. The van der Waals surface area contributed by atoms with Gasteiger partial charge < -0.3 is 14.9 Å². The molecule has 2 aliphatic rings. The van der Waals surface area contributed by atoms with Gasteiger partial charge in [-0.1, -0.05) is 23.7 Å². The summed E-state index contributed by atoms with van der Waals surface area (Å²) < 4.78 is 65.3. The standard InChI is InChI=1S/C28H26ClF3N4O6S/c1-14-10-22-19(12-34(14)25(37)17-6-9-21(29)20(11-17)28(30,31)32)24-26(38)35(13-23(27(39)40)36(24)33-22)15(2)16-4-7-18(8-5-16)43(3,41)42/h4-9,11,14-15,23H,10,12-13H2,1-3H3,(H,39,40)/t14-,15?,23+/m1/s1. The SMILES string of the molecule is CC(c1ccc(S(C)(=O)=O)cc1)N1C[C@@H](C(=O)O)n2nc3c(c2C1=O)CN(C(=O)c1ccc(Cl)c(C(F)(F)F)c1)[C@H](C)C3. The molecular formula is C28H26ClF3N4O6S. The number of benzene rings is 2. The Bertz CT molecular complexity index is 1760. The molecule has 1 aromatic heterocycles. The maximum Gasteiger partial charge on any atom is 0.417 e. The molecule has 1 N–H and O–H groups in total. The second-order valence-electron chi connectivity index (χ2n) is 10.7. The maximum atomic E-state index is 13.9. The highest BCUT2D eigenvalue weighted by molar-refractivity contribution is 7.90. The number of rotatable bonds is 5. The van der Waals surface area contributed by atoms with Crippen LogP contribution in [0.25, 0.3) is 0 Å². The van der Waals surface area contributed by atoms with E-state index in [-0.39, 0.29) is 35.7 Å². The van der Waals surface area contributed by atoms with Crippen molar-refractivity contribution >= 4 is 39.2 Å². The lowest BCUT2D eigenvalue weighted by Gasteiger charge is -2.37. The van der Waals surface area contributed by atoms with Gasteiger partial charge in [0.2, 0.25) is 0 Å². The fraction of sp³-hybridized carbons (Fsp3) is 0.357. The number of fused-ring (bicyclic) bond motifs is 3. The lowest BCUT2D eigenvalue weighted by Crippen LogP contribution is -2.47. The first-order valence-corrected chi connectivity index (χ1v) is 15.4. The van der Waals surface area contributed by atoms with Crippen LogP contribution in [0.1, 0.15) is 69.2 Å². The molecule has 0 saturated heterocycles. The van der Waals surface area contributed by atoms with Crippen molar-refractivity contribution in [2.45, 2.75) is 56.0 Å². The number of hydrogen-bond acceptors (Lipinski definition) is 6. The summed E-state index contributed by atoms with van der Waals surface area (Å²) in [6.07, 6.45) is -3.57. The molecule has 3 atom stereocenters. The summed E-state index contributed by atoms with van der Waals surface area (Å²) in [5.41, 5.74) is -0.106. The number of carboxylic acid groups (broad SMARTS) is 1. The first-order valence-electron chi connectivity index (χ1n) is 13.1. The Kier molecular flexibility index (Phi) is 7.58. The molecule has 10 nitrogen and oxygen atoms in total. The fourth-order valence-electron chi connectivity index (χ4n) is 5.50. The summed E-state index contributed by atoms with van der Waals surface area (Å²) in [5.74, 6) is -2.49. The van der Waals surface area contributed by atoms with Crippen LogP contribution in [0.4, 0.5) is 13.2 Å². The zero-order valence-corrected chi connectivity index (χ0v) is 24.7. The van der Waals surface area contributed by atoms with E-state index >= 15 is 0 Å². The number of aromatic nitrogens is 2. The maximum absolute atomic E-state index is 13.9. The Morgan fingerprint density at radius 1 is 1.14 bits per heavy atom. The van der Waals surface area contributed by atoms with Gasteiger partial charge in [0.1, 0.15) is 5.69 Å². The molecule has 5 rings (SSSR count). The van der Waals surface area contributed by atoms with Gasteiger partial charge in [-0.25, -0.2) is 17.9 Å². The molecule has 1 unspecified atom stereocenters. The highest BCUT2D eigenvalue weighted by atomic mass is 35.5. The third kappa shape index (κ3) is 5.49. The highest BCUT2D eigenvalue weighted by Crippen LogP contribution is 2.38. The normalized spacial score (nSPS) is 19.6. The van der Waals surface area contributed by atoms with Crippen molar-refractivity contribution in [3.05, 3.63) is 81.1 Å². The van der Waals surface area contributed by atoms with Crippen LogP contribution in [0.15, 0.2) is 47.4 Å². The number of amides is 2. The number of hydrogen-bond donors (Lipinski definition) is 1. The van der Waals surface area contributed by atoms with E-state index in [0.717, 1.165) is 17.0 Å². The summed E-state index contributed by atoms with van der Waals surface area (Å²) in [4.78, 5) is 42.5. The minimum absolute atomic E-state index is 0.0231. The Labute approximate surface area is 249 Å². The summed E-state index contributed by atoms with van der Waals surface area (Å²) in [6.45, 7) is 2.96. The van der Waals surface area contributed by atoms with Crippen LogP contribution in [-0.2, 0) is 33.8 Å². The number of alkyl halides is 3. The molecule has 0 bridgehead atoms. The molecule has 2 aliphatic heterocycles. The second kappa shape index (κ2) is 10.7. The molecule has 2 amide bonds. The molecule has 0 radical (unpaired) electrons. The van der Waals surface area contributed by atoms with Crippen LogP contribution in [0.5, 0.6) is 0 Å². The third-order valence-corrected chi connectivity index (χ3v) is 9.35. The molecule has 3 aromatic rings. The predicted molar refractivity (Wildman–Crippen MR) is 147 cm³/mol. The summed E-state index contributed by atoms with van der Waals surface area (Å²) >= 11 is 5.73. The van der Waals surface area contributed by atoms with Crippen LogP contribution >= 0.6 is 11.6 Å². The number of halogens is 4. The van der Waals surface area contributed by atoms with Crippen molar-refractivity contribution in [3.8, 4) is 0 Å². The largest absolute Gasteiger partial charge is 0.480 e. The van der Waals surface area contributed by atoms with Gasteiger partial charge in [0.15, 0.2) is 15.9 Å². The number of nitrogens with zero attached hydrogens (tertiary/aromatic N) is 4. The first-order chi connectivity index (χ1) is 20.0. The van der Waals surface area contributed by atoms with Crippen molar-refractivity contribution in [1.82, 2.24) is 19.6 Å². The predicted octanol–water partition coefficient (Wildman–Crippen LogP) is 4.39. The summed E-state index contributed by atoms with van der Waals surface area (Å²) in [6, 6.07) is 6.36. The van der Waals surface area contributed by atoms with Gasteiger partial charge in [0.25, 0.3) is 11.8 Å². The van der Waals surface area contributed by atoms with E-state index in [1.165, 1.54) is 28.0 Å². The van der Waals surface area contributed by atoms with Crippen LogP contribution in [0.3, 0.4) is 0 Å². The minimum Gasteiger partial charge on any atom is -0.480 e.